The Kier molecular flexibility index (Phi) is 5.00. The third-order valence-electron chi connectivity index (χ3n) is 4.40. The van der Waals surface area contributed by atoms with Crippen LogP contribution in [0.1, 0.15) is 12.0 Å². The van der Waals surface area contributed by atoms with Gasteiger partial charge in [-0.3, -0.25) is 0 Å². The SMILES string of the molecule is O=S1(=O)CC[C@H](CNCc2ccc(N3CCOCC3)cc2)C1. The summed E-state index contributed by atoms with van der Waals surface area (Å²) in [4.78, 5) is 2.34. The van der Waals surface area contributed by atoms with Crippen LogP contribution in [0.4, 0.5) is 5.69 Å². The third kappa shape index (κ3) is 4.21. The predicted molar refractivity (Wildman–Crippen MR) is 87.9 cm³/mol. The maximum absolute atomic E-state index is 11.4. The van der Waals surface area contributed by atoms with E-state index in [1.54, 1.807) is 0 Å². The zero-order chi connectivity index (χ0) is 15.4. The van der Waals surface area contributed by atoms with Crippen LogP contribution in [0.2, 0.25) is 0 Å². The largest absolute Gasteiger partial charge is 0.378 e. The summed E-state index contributed by atoms with van der Waals surface area (Å²) in [6, 6.07) is 8.59. The van der Waals surface area contributed by atoms with Crippen molar-refractivity contribution in [1.29, 1.82) is 0 Å². The lowest BCUT2D eigenvalue weighted by Gasteiger charge is -2.28. The number of ether oxygens (including phenoxy) is 1. The second-order valence-electron chi connectivity index (χ2n) is 6.17. The van der Waals surface area contributed by atoms with Crippen LogP contribution in [-0.2, 0) is 21.1 Å². The summed E-state index contributed by atoms with van der Waals surface area (Å²) < 4.78 is 28.2. The summed E-state index contributed by atoms with van der Waals surface area (Å²) in [5.41, 5.74) is 2.48. The Hall–Kier alpha value is -1.11. The first-order valence-corrected chi connectivity index (χ1v) is 9.77. The average Bonchev–Trinajstić information content (AvgIpc) is 2.88. The highest BCUT2D eigenvalue weighted by Gasteiger charge is 2.27. The Morgan fingerprint density at radius 1 is 1.18 bits per heavy atom. The second kappa shape index (κ2) is 6.98. The van der Waals surface area contributed by atoms with Gasteiger partial charge in [0.1, 0.15) is 0 Å². The highest BCUT2D eigenvalue weighted by molar-refractivity contribution is 7.91. The maximum atomic E-state index is 11.4. The van der Waals surface area contributed by atoms with Crippen LogP contribution in [0.5, 0.6) is 0 Å². The van der Waals surface area contributed by atoms with Crippen molar-refractivity contribution in [3.8, 4) is 0 Å². The number of hydrogen-bond donors (Lipinski definition) is 1. The van der Waals surface area contributed by atoms with Gasteiger partial charge in [-0.05, 0) is 36.6 Å². The van der Waals surface area contributed by atoms with Crippen LogP contribution < -0.4 is 10.2 Å². The minimum Gasteiger partial charge on any atom is -0.378 e. The summed E-state index contributed by atoms with van der Waals surface area (Å²) in [6.07, 6.45) is 0.797. The van der Waals surface area contributed by atoms with E-state index in [1.165, 1.54) is 11.3 Å². The molecule has 0 spiro atoms. The monoisotopic (exact) mass is 324 g/mol. The normalized spacial score (nSPS) is 24.5. The fourth-order valence-electron chi connectivity index (χ4n) is 3.10. The van der Waals surface area contributed by atoms with Crippen molar-refractivity contribution in [2.24, 2.45) is 5.92 Å². The smallest absolute Gasteiger partial charge is 0.150 e. The number of morpholine rings is 1. The van der Waals surface area contributed by atoms with Gasteiger partial charge in [0.2, 0.25) is 0 Å². The van der Waals surface area contributed by atoms with E-state index in [4.69, 9.17) is 4.74 Å². The van der Waals surface area contributed by atoms with Gasteiger partial charge in [0.05, 0.1) is 24.7 Å². The van der Waals surface area contributed by atoms with Gasteiger partial charge in [0.25, 0.3) is 0 Å². The first-order valence-electron chi connectivity index (χ1n) is 7.95. The van der Waals surface area contributed by atoms with Crippen LogP contribution >= 0.6 is 0 Å². The molecule has 2 heterocycles. The van der Waals surface area contributed by atoms with Gasteiger partial charge in [-0.2, -0.15) is 0 Å². The number of nitrogens with one attached hydrogen (secondary N) is 1. The van der Waals surface area contributed by atoms with E-state index in [-0.39, 0.29) is 5.92 Å². The Bertz CT molecular complexity index is 580. The molecule has 22 heavy (non-hydrogen) atoms. The summed E-state index contributed by atoms with van der Waals surface area (Å²) in [5, 5.41) is 3.38. The van der Waals surface area contributed by atoms with Crippen molar-refractivity contribution >= 4 is 15.5 Å². The summed E-state index contributed by atoms with van der Waals surface area (Å²) in [6.45, 7) is 5.08. The van der Waals surface area contributed by atoms with Gasteiger partial charge in [0, 0.05) is 25.3 Å². The Morgan fingerprint density at radius 2 is 1.91 bits per heavy atom. The molecule has 0 unspecified atom stereocenters. The van der Waals surface area contributed by atoms with Crippen molar-refractivity contribution in [3.63, 3.8) is 0 Å². The fraction of sp³-hybridized carbons (Fsp3) is 0.625. The van der Waals surface area contributed by atoms with Crippen LogP contribution in [-0.4, -0.2) is 52.8 Å². The number of sulfone groups is 1. The summed E-state index contributed by atoms with van der Waals surface area (Å²) in [7, 11) is -2.76. The lowest BCUT2D eigenvalue weighted by molar-refractivity contribution is 0.122. The topological polar surface area (TPSA) is 58.6 Å². The minimum atomic E-state index is -2.76. The second-order valence-corrected chi connectivity index (χ2v) is 8.39. The number of benzene rings is 1. The third-order valence-corrected chi connectivity index (χ3v) is 6.24. The molecule has 1 atom stereocenters. The molecule has 0 amide bonds. The van der Waals surface area contributed by atoms with E-state index >= 15 is 0 Å². The number of rotatable bonds is 5. The first kappa shape index (κ1) is 15.8. The zero-order valence-electron chi connectivity index (χ0n) is 12.8. The Balaban J connectivity index is 1.45. The predicted octanol–water partition coefficient (Wildman–Crippen LogP) is 1.05. The minimum absolute atomic E-state index is 0.276. The summed E-state index contributed by atoms with van der Waals surface area (Å²) in [5.74, 6) is 0.974. The van der Waals surface area contributed by atoms with Crippen molar-refractivity contribution in [2.45, 2.75) is 13.0 Å². The van der Waals surface area contributed by atoms with Gasteiger partial charge in [-0.15, -0.1) is 0 Å². The molecule has 1 N–H and O–H groups in total. The van der Waals surface area contributed by atoms with E-state index in [0.717, 1.165) is 45.8 Å². The van der Waals surface area contributed by atoms with E-state index in [9.17, 15) is 8.42 Å². The van der Waals surface area contributed by atoms with Gasteiger partial charge >= 0.3 is 0 Å². The van der Waals surface area contributed by atoms with Gasteiger partial charge in [-0.25, -0.2) is 8.42 Å². The highest BCUT2D eigenvalue weighted by atomic mass is 32.2. The number of anilines is 1. The van der Waals surface area contributed by atoms with Crippen LogP contribution in [0.3, 0.4) is 0 Å². The lowest BCUT2D eigenvalue weighted by Crippen LogP contribution is -2.36. The van der Waals surface area contributed by atoms with Crippen LogP contribution in [0.25, 0.3) is 0 Å². The molecule has 0 aromatic heterocycles. The fourth-order valence-corrected chi connectivity index (χ4v) is 4.96. The Labute approximate surface area is 132 Å². The molecule has 6 heteroatoms. The molecule has 1 aromatic rings. The number of hydrogen-bond acceptors (Lipinski definition) is 5. The zero-order valence-corrected chi connectivity index (χ0v) is 13.6. The summed E-state index contributed by atoms with van der Waals surface area (Å²) >= 11 is 0. The molecular weight excluding hydrogens is 300 g/mol. The van der Waals surface area contributed by atoms with E-state index < -0.39 is 9.84 Å². The molecule has 122 valence electrons. The van der Waals surface area contributed by atoms with Gasteiger partial charge in [-0.1, -0.05) is 12.1 Å². The molecule has 5 nitrogen and oxygen atoms in total. The molecule has 0 saturated carbocycles. The highest BCUT2D eigenvalue weighted by Crippen LogP contribution is 2.18. The lowest BCUT2D eigenvalue weighted by atomic mass is 10.1. The van der Waals surface area contributed by atoms with E-state index in [0.29, 0.717) is 11.5 Å². The molecular formula is C16H24N2O3S. The Morgan fingerprint density at radius 3 is 2.55 bits per heavy atom. The van der Waals surface area contributed by atoms with Crippen molar-refractivity contribution < 1.29 is 13.2 Å². The molecule has 0 bridgehead atoms. The first-order chi connectivity index (χ1) is 10.6. The quantitative estimate of drug-likeness (QED) is 0.877. The van der Waals surface area contributed by atoms with Crippen LogP contribution in [0.15, 0.2) is 24.3 Å². The molecule has 3 rings (SSSR count). The molecule has 2 fully saturated rings. The molecule has 2 aliphatic heterocycles. The molecule has 1 aromatic carbocycles. The standard InChI is InChI=1S/C16H24N2O3S/c19-22(20)10-5-15(13-22)12-17-11-14-1-3-16(4-2-14)18-6-8-21-9-7-18/h1-4,15,17H,5-13H2/t15-/m1/s1. The van der Waals surface area contributed by atoms with Crippen LogP contribution in [0, 0.1) is 5.92 Å². The molecule has 0 aliphatic carbocycles. The van der Waals surface area contributed by atoms with E-state index in [1.807, 2.05) is 0 Å². The van der Waals surface area contributed by atoms with Crippen molar-refractivity contribution in [1.82, 2.24) is 5.32 Å². The maximum Gasteiger partial charge on any atom is 0.150 e. The van der Waals surface area contributed by atoms with E-state index in [2.05, 4.69) is 34.5 Å². The van der Waals surface area contributed by atoms with Crippen molar-refractivity contribution in [3.05, 3.63) is 29.8 Å². The number of nitrogens with zero attached hydrogens (tertiary/aromatic N) is 1. The van der Waals surface area contributed by atoms with Crippen molar-refractivity contribution in [2.75, 3.05) is 49.3 Å². The van der Waals surface area contributed by atoms with Gasteiger partial charge < -0.3 is 15.0 Å². The average molecular weight is 324 g/mol. The molecule has 0 radical (unpaired) electrons. The molecule has 2 aliphatic rings. The van der Waals surface area contributed by atoms with Gasteiger partial charge in [0.15, 0.2) is 9.84 Å². The molecule has 2 saturated heterocycles.